The number of methoxy groups -OCH3 is 2. The van der Waals surface area contributed by atoms with E-state index in [0.29, 0.717) is 6.29 Å². The van der Waals surface area contributed by atoms with Crippen LogP contribution in [-0.4, -0.2) is 55.1 Å². The topological polar surface area (TPSA) is 76.0 Å². The van der Waals surface area contributed by atoms with Gasteiger partial charge in [0.2, 0.25) is 0 Å². The second kappa shape index (κ2) is 6.04. The summed E-state index contributed by atoms with van der Waals surface area (Å²) < 4.78 is 9.61. The minimum atomic E-state index is -1.14. The molecule has 78 valence electrons. The maximum absolute atomic E-state index is 10.5. The predicted octanol–water partition coefficient (Wildman–Crippen LogP) is -1.04. The first kappa shape index (κ1) is 12.5. The van der Waals surface area contributed by atoms with Crippen LogP contribution >= 0.6 is 0 Å². The number of carbonyl (C=O) groups is 1. The molecule has 0 aliphatic rings. The van der Waals surface area contributed by atoms with E-state index in [1.54, 1.807) is 0 Å². The van der Waals surface area contributed by atoms with Crippen LogP contribution in [0.1, 0.15) is 6.92 Å². The fourth-order valence-electron chi connectivity index (χ4n) is 1.01. The third-order valence-electron chi connectivity index (χ3n) is 1.83. The van der Waals surface area contributed by atoms with Crippen molar-refractivity contribution in [3.63, 3.8) is 0 Å². The molecular formula is C8H16O5. The third kappa shape index (κ3) is 3.40. The lowest BCUT2D eigenvalue weighted by atomic mass is 10.0. The van der Waals surface area contributed by atoms with E-state index in [2.05, 4.69) is 0 Å². The second-order valence-corrected chi connectivity index (χ2v) is 2.77. The predicted molar refractivity (Wildman–Crippen MR) is 45.3 cm³/mol. The van der Waals surface area contributed by atoms with Gasteiger partial charge in [-0.15, -0.1) is 0 Å². The van der Waals surface area contributed by atoms with Gasteiger partial charge in [-0.05, 0) is 6.92 Å². The van der Waals surface area contributed by atoms with Gasteiger partial charge in [-0.25, -0.2) is 0 Å². The lowest BCUT2D eigenvalue weighted by Gasteiger charge is -2.26. The van der Waals surface area contributed by atoms with Crippen molar-refractivity contribution in [1.82, 2.24) is 0 Å². The molecule has 0 radical (unpaired) electrons. The molecule has 0 fully saturated rings. The summed E-state index contributed by atoms with van der Waals surface area (Å²) in [6.07, 6.45) is -3.29. The van der Waals surface area contributed by atoms with Crippen LogP contribution in [-0.2, 0) is 14.3 Å². The van der Waals surface area contributed by atoms with Crippen molar-refractivity contribution >= 4 is 6.29 Å². The van der Waals surface area contributed by atoms with Gasteiger partial charge in [-0.1, -0.05) is 0 Å². The van der Waals surface area contributed by atoms with Crippen LogP contribution in [0.2, 0.25) is 0 Å². The van der Waals surface area contributed by atoms with Crippen LogP contribution in [0.15, 0.2) is 0 Å². The van der Waals surface area contributed by atoms with Crippen molar-refractivity contribution in [3.05, 3.63) is 0 Å². The van der Waals surface area contributed by atoms with Gasteiger partial charge in [-0.3, -0.25) is 0 Å². The minimum Gasteiger partial charge on any atom is -0.391 e. The zero-order valence-corrected chi connectivity index (χ0v) is 8.01. The highest BCUT2D eigenvalue weighted by Crippen LogP contribution is 2.09. The first-order valence-electron chi connectivity index (χ1n) is 3.95. The van der Waals surface area contributed by atoms with Crippen LogP contribution in [0.4, 0.5) is 0 Å². The van der Waals surface area contributed by atoms with Gasteiger partial charge in [0.15, 0.2) is 6.29 Å². The number of carbonyl (C=O) groups excluding carboxylic acids is 1. The molecule has 2 N–H and O–H groups in total. The summed E-state index contributed by atoms with van der Waals surface area (Å²) in [5.74, 6) is 0. The van der Waals surface area contributed by atoms with Crippen molar-refractivity contribution in [3.8, 4) is 0 Å². The fourth-order valence-corrected chi connectivity index (χ4v) is 1.01. The van der Waals surface area contributed by atoms with Gasteiger partial charge in [0, 0.05) is 14.2 Å². The summed E-state index contributed by atoms with van der Waals surface area (Å²) in [4.78, 5) is 10.5. The quantitative estimate of drug-likeness (QED) is 0.525. The van der Waals surface area contributed by atoms with Crippen molar-refractivity contribution < 1.29 is 24.5 Å². The molecule has 0 rings (SSSR count). The number of hydrogen-bond donors (Lipinski definition) is 2. The summed E-state index contributed by atoms with van der Waals surface area (Å²) in [6.45, 7) is 1.41. The van der Waals surface area contributed by atoms with E-state index >= 15 is 0 Å². The summed E-state index contributed by atoms with van der Waals surface area (Å²) >= 11 is 0. The molecule has 0 aromatic heterocycles. The van der Waals surface area contributed by atoms with Crippen molar-refractivity contribution in [2.24, 2.45) is 0 Å². The highest BCUT2D eigenvalue weighted by Gasteiger charge is 2.31. The van der Waals surface area contributed by atoms with Crippen LogP contribution in [0.5, 0.6) is 0 Å². The smallest absolute Gasteiger partial charge is 0.151 e. The molecule has 13 heavy (non-hydrogen) atoms. The van der Waals surface area contributed by atoms with E-state index in [-0.39, 0.29) is 0 Å². The average molecular weight is 192 g/mol. The molecular weight excluding hydrogens is 176 g/mol. The summed E-state index contributed by atoms with van der Waals surface area (Å²) in [5, 5.41) is 18.5. The molecule has 0 bridgehead atoms. The molecule has 0 unspecified atom stereocenters. The summed E-state index contributed by atoms with van der Waals surface area (Å²) in [7, 11) is 2.67. The Morgan fingerprint density at radius 1 is 1.23 bits per heavy atom. The van der Waals surface area contributed by atoms with Gasteiger partial charge < -0.3 is 24.5 Å². The van der Waals surface area contributed by atoms with Crippen molar-refractivity contribution in [2.75, 3.05) is 14.2 Å². The number of aliphatic hydroxyl groups is 2. The maximum Gasteiger partial charge on any atom is 0.151 e. The van der Waals surface area contributed by atoms with Gasteiger partial charge >= 0.3 is 0 Å². The molecule has 0 saturated heterocycles. The van der Waals surface area contributed by atoms with Crippen LogP contribution < -0.4 is 0 Å². The van der Waals surface area contributed by atoms with E-state index < -0.39 is 24.4 Å². The third-order valence-corrected chi connectivity index (χ3v) is 1.83. The highest BCUT2D eigenvalue weighted by molar-refractivity contribution is 5.57. The average Bonchev–Trinajstić information content (AvgIpc) is 2.12. The SMILES string of the molecule is CO[C@H]([C@@H](O)[C@H](C)O)[C@H](C=O)OC. The molecule has 0 aliphatic heterocycles. The summed E-state index contributed by atoms with van der Waals surface area (Å²) in [5.41, 5.74) is 0. The van der Waals surface area contributed by atoms with Crippen molar-refractivity contribution in [2.45, 2.75) is 31.3 Å². The lowest BCUT2D eigenvalue weighted by Crippen LogP contribution is -2.46. The normalized spacial score (nSPS) is 20.4. The molecule has 0 saturated carbocycles. The lowest BCUT2D eigenvalue weighted by molar-refractivity contribution is -0.143. The number of aliphatic hydroxyl groups excluding tert-OH is 2. The number of aldehydes is 1. The Bertz CT molecular complexity index is 147. The van der Waals surface area contributed by atoms with Gasteiger partial charge in [0.1, 0.15) is 18.3 Å². The van der Waals surface area contributed by atoms with Crippen LogP contribution in [0.25, 0.3) is 0 Å². The van der Waals surface area contributed by atoms with Gasteiger partial charge in [-0.2, -0.15) is 0 Å². The van der Waals surface area contributed by atoms with E-state index in [1.165, 1.54) is 21.1 Å². The number of ether oxygens (including phenoxy) is 2. The Hall–Kier alpha value is -0.490. The molecule has 0 aliphatic carbocycles. The minimum absolute atomic E-state index is 0.528. The Balaban J connectivity index is 4.37. The molecule has 0 aromatic rings. The molecule has 0 heterocycles. The fraction of sp³-hybridized carbons (Fsp3) is 0.875. The monoisotopic (exact) mass is 192 g/mol. The molecule has 0 amide bonds. The van der Waals surface area contributed by atoms with E-state index in [4.69, 9.17) is 14.6 Å². The first-order chi connectivity index (χ1) is 6.08. The number of rotatable bonds is 6. The first-order valence-corrected chi connectivity index (χ1v) is 3.95. The van der Waals surface area contributed by atoms with Gasteiger partial charge in [0.25, 0.3) is 0 Å². The van der Waals surface area contributed by atoms with Crippen molar-refractivity contribution in [1.29, 1.82) is 0 Å². The zero-order chi connectivity index (χ0) is 10.4. The molecule has 4 atom stereocenters. The Labute approximate surface area is 77.3 Å². The van der Waals surface area contributed by atoms with Crippen LogP contribution in [0.3, 0.4) is 0 Å². The molecule has 5 heteroatoms. The standard InChI is InChI=1S/C8H16O5/c1-5(10)7(11)8(13-3)6(4-9)12-2/h4-8,10-11H,1-3H3/t5-,6-,7-,8-/m0/s1. The van der Waals surface area contributed by atoms with Crippen LogP contribution in [0, 0.1) is 0 Å². The van der Waals surface area contributed by atoms with E-state index in [9.17, 15) is 9.90 Å². The van der Waals surface area contributed by atoms with E-state index in [0.717, 1.165) is 0 Å². The van der Waals surface area contributed by atoms with E-state index in [1.807, 2.05) is 0 Å². The molecule has 0 spiro atoms. The molecule has 0 aromatic carbocycles. The Morgan fingerprint density at radius 3 is 2.00 bits per heavy atom. The largest absolute Gasteiger partial charge is 0.391 e. The number of hydrogen-bond acceptors (Lipinski definition) is 5. The van der Waals surface area contributed by atoms with Gasteiger partial charge in [0.05, 0.1) is 6.10 Å². The summed E-state index contributed by atoms with van der Waals surface area (Å²) in [6, 6.07) is 0. The molecule has 5 nitrogen and oxygen atoms in total. The Kier molecular flexibility index (Phi) is 5.81. The zero-order valence-electron chi connectivity index (χ0n) is 8.01. The Morgan fingerprint density at radius 2 is 1.77 bits per heavy atom. The maximum atomic E-state index is 10.5. The highest BCUT2D eigenvalue weighted by atomic mass is 16.5. The second-order valence-electron chi connectivity index (χ2n) is 2.77.